The number of amides is 1. The monoisotopic (exact) mass is 297 g/mol. The molecular weight excluding hydrogens is 274 g/mol. The molecule has 3 nitrogen and oxygen atoms in total. The van der Waals surface area contributed by atoms with E-state index in [2.05, 4.69) is 17.4 Å². The Hall–Kier alpha value is -2.29. The van der Waals surface area contributed by atoms with Crippen LogP contribution in [0, 0.1) is 0 Å². The largest absolute Gasteiger partial charge is 0.491 e. The summed E-state index contributed by atoms with van der Waals surface area (Å²) in [6, 6.07) is 17.6. The third-order valence-electron chi connectivity index (χ3n) is 3.24. The molecule has 2 aromatic rings. The van der Waals surface area contributed by atoms with Crippen LogP contribution in [0.3, 0.4) is 0 Å². The quantitative estimate of drug-likeness (QED) is 0.789. The molecule has 116 valence electrons. The molecule has 0 aliphatic carbocycles. The van der Waals surface area contributed by atoms with Crippen molar-refractivity contribution in [3.8, 4) is 5.75 Å². The van der Waals surface area contributed by atoms with Gasteiger partial charge in [-0.05, 0) is 50.5 Å². The number of hydrogen-bond acceptors (Lipinski definition) is 2. The fourth-order valence-corrected chi connectivity index (χ4v) is 2.22. The van der Waals surface area contributed by atoms with Crippen molar-refractivity contribution in [1.82, 2.24) is 5.32 Å². The molecule has 0 radical (unpaired) electrons. The minimum absolute atomic E-state index is 0.0535. The molecule has 1 N–H and O–H groups in total. The van der Waals surface area contributed by atoms with Crippen molar-refractivity contribution >= 4 is 5.91 Å². The first-order valence-corrected chi connectivity index (χ1v) is 7.74. The maximum atomic E-state index is 12.1. The van der Waals surface area contributed by atoms with E-state index in [1.54, 1.807) is 12.1 Å². The van der Waals surface area contributed by atoms with E-state index in [-0.39, 0.29) is 12.0 Å². The SMILES string of the molecule is CC(C)Oc1cccc(C(=O)NCCCc2ccccc2)c1. The summed E-state index contributed by atoms with van der Waals surface area (Å²) >= 11 is 0. The zero-order chi connectivity index (χ0) is 15.8. The summed E-state index contributed by atoms with van der Waals surface area (Å²) in [4.78, 5) is 12.1. The fraction of sp³-hybridized carbons (Fsp3) is 0.316. The van der Waals surface area contributed by atoms with E-state index >= 15 is 0 Å². The van der Waals surface area contributed by atoms with Gasteiger partial charge >= 0.3 is 0 Å². The van der Waals surface area contributed by atoms with Crippen molar-refractivity contribution in [2.24, 2.45) is 0 Å². The van der Waals surface area contributed by atoms with Gasteiger partial charge in [0, 0.05) is 12.1 Å². The molecule has 2 rings (SSSR count). The maximum absolute atomic E-state index is 12.1. The zero-order valence-electron chi connectivity index (χ0n) is 13.2. The van der Waals surface area contributed by atoms with Gasteiger partial charge < -0.3 is 10.1 Å². The van der Waals surface area contributed by atoms with Crippen LogP contribution in [-0.2, 0) is 6.42 Å². The van der Waals surface area contributed by atoms with Gasteiger partial charge in [-0.15, -0.1) is 0 Å². The van der Waals surface area contributed by atoms with Gasteiger partial charge in [-0.3, -0.25) is 4.79 Å². The van der Waals surface area contributed by atoms with Gasteiger partial charge in [-0.2, -0.15) is 0 Å². The normalized spacial score (nSPS) is 10.5. The number of ether oxygens (including phenoxy) is 1. The van der Waals surface area contributed by atoms with Crippen LogP contribution in [-0.4, -0.2) is 18.6 Å². The lowest BCUT2D eigenvalue weighted by Gasteiger charge is -2.11. The summed E-state index contributed by atoms with van der Waals surface area (Å²) in [5, 5.41) is 2.96. The van der Waals surface area contributed by atoms with E-state index in [9.17, 15) is 4.79 Å². The number of benzene rings is 2. The van der Waals surface area contributed by atoms with Crippen LogP contribution >= 0.6 is 0 Å². The summed E-state index contributed by atoms with van der Waals surface area (Å²) in [6.45, 7) is 4.61. The molecule has 0 aromatic heterocycles. The standard InChI is InChI=1S/C19H23NO2/c1-15(2)22-18-12-6-11-17(14-18)19(21)20-13-7-10-16-8-4-3-5-9-16/h3-6,8-9,11-12,14-15H,7,10,13H2,1-2H3,(H,20,21). The molecule has 2 aromatic carbocycles. The number of carbonyl (C=O) groups is 1. The van der Waals surface area contributed by atoms with Crippen LogP contribution in [0.2, 0.25) is 0 Å². The Bertz CT molecular complexity index is 593. The van der Waals surface area contributed by atoms with Gasteiger partial charge in [0.2, 0.25) is 0 Å². The molecule has 0 saturated carbocycles. The van der Waals surface area contributed by atoms with E-state index in [4.69, 9.17) is 4.74 Å². The number of aryl methyl sites for hydroxylation is 1. The Morgan fingerprint density at radius 2 is 1.86 bits per heavy atom. The van der Waals surface area contributed by atoms with Gasteiger partial charge in [-0.1, -0.05) is 36.4 Å². The van der Waals surface area contributed by atoms with Crippen molar-refractivity contribution < 1.29 is 9.53 Å². The summed E-state index contributed by atoms with van der Waals surface area (Å²) in [5.74, 6) is 0.675. The summed E-state index contributed by atoms with van der Waals surface area (Å²) in [7, 11) is 0. The average Bonchev–Trinajstić information content (AvgIpc) is 2.52. The first-order chi connectivity index (χ1) is 10.6. The Labute approximate surface area is 132 Å². The van der Waals surface area contributed by atoms with Gasteiger partial charge in [0.1, 0.15) is 5.75 Å². The first kappa shape index (κ1) is 16.1. The summed E-state index contributed by atoms with van der Waals surface area (Å²) in [6.07, 6.45) is 2.00. The van der Waals surface area contributed by atoms with Crippen LogP contribution < -0.4 is 10.1 Å². The zero-order valence-corrected chi connectivity index (χ0v) is 13.2. The highest BCUT2D eigenvalue weighted by Crippen LogP contribution is 2.14. The third-order valence-corrected chi connectivity index (χ3v) is 3.24. The molecule has 0 heterocycles. The first-order valence-electron chi connectivity index (χ1n) is 7.74. The average molecular weight is 297 g/mol. The van der Waals surface area contributed by atoms with Crippen LogP contribution in [0.15, 0.2) is 54.6 Å². The number of rotatable bonds is 7. The van der Waals surface area contributed by atoms with Gasteiger partial charge in [0.25, 0.3) is 5.91 Å². The molecule has 0 fully saturated rings. The summed E-state index contributed by atoms with van der Waals surface area (Å²) in [5.41, 5.74) is 1.93. The highest BCUT2D eigenvalue weighted by molar-refractivity contribution is 5.94. The molecule has 0 unspecified atom stereocenters. The van der Waals surface area contributed by atoms with E-state index in [0.717, 1.165) is 18.6 Å². The maximum Gasteiger partial charge on any atom is 0.251 e. The molecule has 0 atom stereocenters. The van der Waals surface area contributed by atoms with Crippen LogP contribution in [0.1, 0.15) is 36.2 Å². The second kappa shape index (κ2) is 8.23. The number of nitrogens with one attached hydrogen (secondary N) is 1. The lowest BCUT2D eigenvalue weighted by atomic mass is 10.1. The molecular formula is C19H23NO2. The predicted molar refractivity (Wildman–Crippen MR) is 89.3 cm³/mol. The molecule has 1 amide bonds. The number of hydrogen-bond donors (Lipinski definition) is 1. The minimum Gasteiger partial charge on any atom is -0.491 e. The van der Waals surface area contributed by atoms with Gasteiger partial charge in [0.15, 0.2) is 0 Å². The number of carbonyl (C=O) groups excluding carboxylic acids is 1. The van der Waals surface area contributed by atoms with Crippen molar-refractivity contribution in [3.05, 3.63) is 65.7 Å². The van der Waals surface area contributed by atoms with Crippen LogP contribution in [0.4, 0.5) is 0 Å². The molecule has 0 bridgehead atoms. The summed E-state index contributed by atoms with van der Waals surface area (Å²) < 4.78 is 5.61. The highest BCUT2D eigenvalue weighted by Gasteiger charge is 2.07. The molecule has 0 aliphatic heterocycles. The van der Waals surface area contributed by atoms with Crippen LogP contribution in [0.25, 0.3) is 0 Å². The second-order valence-corrected chi connectivity index (χ2v) is 5.54. The molecule has 22 heavy (non-hydrogen) atoms. The van der Waals surface area contributed by atoms with E-state index in [1.807, 2.05) is 44.2 Å². The van der Waals surface area contributed by atoms with Crippen molar-refractivity contribution in [1.29, 1.82) is 0 Å². The van der Waals surface area contributed by atoms with Gasteiger partial charge in [-0.25, -0.2) is 0 Å². The second-order valence-electron chi connectivity index (χ2n) is 5.54. The lowest BCUT2D eigenvalue weighted by Crippen LogP contribution is -2.24. The topological polar surface area (TPSA) is 38.3 Å². The van der Waals surface area contributed by atoms with Crippen LogP contribution in [0.5, 0.6) is 5.75 Å². The Kier molecular flexibility index (Phi) is 6.01. The Morgan fingerprint density at radius 1 is 1.09 bits per heavy atom. The lowest BCUT2D eigenvalue weighted by molar-refractivity contribution is 0.0952. The Balaban J connectivity index is 1.79. The van der Waals surface area contributed by atoms with E-state index < -0.39 is 0 Å². The minimum atomic E-state index is -0.0535. The molecule has 0 aliphatic rings. The molecule has 0 saturated heterocycles. The fourth-order valence-electron chi connectivity index (χ4n) is 2.22. The Morgan fingerprint density at radius 3 is 2.59 bits per heavy atom. The van der Waals surface area contributed by atoms with E-state index in [1.165, 1.54) is 5.56 Å². The highest BCUT2D eigenvalue weighted by atomic mass is 16.5. The van der Waals surface area contributed by atoms with Crippen molar-refractivity contribution in [3.63, 3.8) is 0 Å². The van der Waals surface area contributed by atoms with E-state index in [0.29, 0.717) is 12.1 Å². The third kappa shape index (κ3) is 5.24. The van der Waals surface area contributed by atoms with Crippen molar-refractivity contribution in [2.75, 3.05) is 6.54 Å². The molecule has 3 heteroatoms. The molecule has 0 spiro atoms. The van der Waals surface area contributed by atoms with Crippen molar-refractivity contribution in [2.45, 2.75) is 32.8 Å². The predicted octanol–water partition coefficient (Wildman–Crippen LogP) is 3.84. The smallest absolute Gasteiger partial charge is 0.251 e. The van der Waals surface area contributed by atoms with Gasteiger partial charge in [0.05, 0.1) is 6.10 Å².